The Bertz CT molecular complexity index is 2440. The van der Waals surface area contributed by atoms with Crippen LogP contribution in [0, 0.1) is 0 Å². The third-order valence-corrected chi connectivity index (χ3v) is 19.3. The highest BCUT2D eigenvalue weighted by Gasteiger charge is 2.36. The lowest BCUT2D eigenvalue weighted by Crippen LogP contribution is -2.29. The Hall–Kier alpha value is -3.68. The summed E-state index contributed by atoms with van der Waals surface area (Å²) in [5, 5.41) is 17.1. The van der Waals surface area contributed by atoms with E-state index in [1.807, 2.05) is 0 Å². The molecule has 0 spiro atoms. The van der Waals surface area contributed by atoms with E-state index in [0.29, 0.717) is 70.6 Å². The average molecular weight is 907 g/mol. The van der Waals surface area contributed by atoms with Crippen LogP contribution in [0.3, 0.4) is 0 Å². The maximum Gasteiger partial charge on any atom is 0.269 e. The normalized spacial score (nSPS) is 19.1. The van der Waals surface area contributed by atoms with Crippen molar-refractivity contribution in [3.05, 3.63) is 56.6 Å². The zero-order valence-electron chi connectivity index (χ0n) is 36.5. The highest BCUT2D eigenvalue weighted by atomic mass is 32.2. The van der Waals surface area contributed by atoms with Crippen LogP contribution in [0.1, 0.15) is 95.9 Å². The number of hydrogen-bond donors (Lipinski definition) is 3. The molecule has 18 heteroatoms. The van der Waals surface area contributed by atoms with Crippen LogP contribution in [0.15, 0.2) is 22.4 Å². The van der Waals surface area contributed by atoms with Gasteiger partial charge in [-0.25, -0.2) is 26.6 Å². The molecule has 4 aliphatic carbocycles. The van der Waals surface area contributed by atoms with Gasteiger partial charge in [0.15, 0.2) is 0 Å². The van der Waals surface area contributed by atoms with Crippen LogP contribution in [0.2, 0.25) is 25.7 Å². The smallest absolute Gasteiger partial charge is 0.269 e. The summed E-state index contributed by atoms with van der Waals surface area (Å²) in [5.41, 5.74) is 13.3. The minimum Gasteiger partial charge on any atom is -0.381 e. The molecule has 0 radical (unpaired) electrons. The van der Waals surface area contributed by atoms with Crippen molar-refractivity contribution in [2.45, 2.75) is 156 Å². The monoisotopic (exact) mass is 906 g/mol. The van der Waals surface area contributed by atoms with Crippen LogP contribution >= 0.6 is 0 Å². The summed E-state index contributed by atoms with van der Waals surface area (Å²) in [6.45, 7) is 9.62. The zero-order valence-corrected chi connectivity index (χ0v) is 39.1. The number of aromatic amines is 1. The molecule has 0 amide bonds. The van der Waals surface area contributed by atoms with Crippen LogP contribution in [0.25, 0.3) is 0 Å². The second kappa shape index (κ2) is 18.1. The molecule has 2 aromatic heterocycles. The van der Waals surface area contributed by atoms with Crippen LogP contribution in [-0.2, 0) is 92.0 Å². The number of rotatable bonds is 13. The number of aryl methyl sites for hydroxylation is 4. The SMILES string of the molecule is C[Si](C)(C)CCOCn1nc(S(=O)(=O)C2CCOCC2)nc1Nc1c2c(cc3c1CCC3)CCC2.O=S(=O)(c1nc(Nc2c3c(cc4c2CCC4)CCC3)n[nH]1)C1CCOCC1. The molecule has 2 saturated heterocycles. The van der Waals surface area contributed by atoms with Crippen LogP contribution < -0.4 is 10.6 Å². The van der Waals surface area contributed by atoms with Crippen molar-refractivity contribution in [3.63, 3.8) is 0 Å². The topological polar surface area (TPSA) is 192 Å². The van der Waals surface area contributed by atoms with Gasteiger partial charge in [0.25, 0.3) is 5.16 Å². The number of ether oxygens (including phenoxy) is 3. The first-order chi connectivity index (χ1) is 29.8. The quantitative estimate of drug-likeness (QED) is 0.0945. The average Bonchev–Trinajstić information content (AvgIpc) is 4.12. The summed E-state index contributed by atoms with van der Waals surface area (Å²) in [6.07, 6.45) is 15.3. The largest absolute Gasteiger partial charge is 0.381 e. The van der Waals surface area contributed by atoms with Crippen molar-refractivity contribution < 1.29 is 31.0 Å². The molecule has 0 bridgehead atoms. The van der Waals surface area contributed by atoms with Crippen molar-refractivity contribution in [3.8, 4) is 0 Å². The van der Waals surface area contributed by atoms with E-state index in [2.05, 4.69) is 67.7 Å². The van der Waals surface area contributed by atoms with Gasteiger partial charge in [-0.3, -0.25) is 0 Å². The van der Waals surface area contributed by atoms with Gasteiger partial charge in [0, 0.05) is 52.5 Å². The lowest BCUT2D eigenvalue weighted by Gasteiger charge is -2.20. The molecule has 2 aromatic carbocycles. The molecule has 10 rings (SSSR count). The van der Waals surface area contributed by atoms with Crippen molar-refractivity contribution in [1.82, 2.24) is 29.9 Å². The van der Waals surface area contributed by atoms with E-state index < -0.39 is 38.2 Å². The molecule has 15 nitrogen and oxygen atoms in total. The molecule has 6 aliphatic rings. The summed E-state index contributed by atoms with van der Waals surface area (Å²) in [5.74, 6) is 0.799. The Balaban J connectivity index is 0.000000163. The number of aromatic nitrogens is 6. The summed E-state index contributed by atoms with van der Waals surface area (Å²) in [4.78, 5) is 8.87. The predicted octanol–water partition coefficient (Wildman–Crippen LogP) is 6.74. The summed E-state index contributed by atoms with van der Waals surface area (Å²) in [7, 11) is -8.38. The molecule has 2 fully saturated rings. The number of nitrogens with zero attached hydrogens (tertiary/aromatic N) is 5. The molecule has 2 aliphatic heterocycles. The Morgan fingerprint density at radius 1 is 0.694 bits per heavy atom. The third-order valence-electron chi connectivity index (χ3n) is 13.5. The van der Waals surface area contributed by atoms with Gasteiger partial charge in [-0.2, -0.15) is 9.97 Å². The van der Waals surface area contributed by atoms with Crippen LogP contribution in [0.4, 0.5) is 23.3 Å². The molecule has 336 valence electrons. The first-order valence-electron chi connectivity index (χ1n) is 22.8. The van der Waals surface area contributed by atoms with Gasteiger partial charge in [0.05, 0.1) is 10.5 Å². The number of H-pyrrole nitrogens is 1. The molecule has 0 saturated carbocycles. The van der Waals surface area contributed by atoms with E-state index in [-0.39, 0.29) is 17.0 Å². The van der Waals surface area contributed by atoms with Gasteiger partial charge in [0.2, 0.25) is 36.7 Å². The van der Waals surface area contributed by atoms with E-state index in [0.717, 1.165) is 81.6 Å². The number of anilines is 4. The maximum atomic E-state index is 13.4. The Morgan fingerprint density at radius 3 is 1.68 bits per heavy atom. The molecular weight excluding hydrogens is 845 g/mol. The van der Waals surface area contributed by atoms with Crippen LogP contribution in [-0.4, -0.2) is 98.4 Å². The second-order valence-corrected chi connectivity index (χ2v) is 28.8. The lowest BCUT2D eigenvalue weighted by molar-refractivity contribution is 0.0791. The van der Waals surface area contributed by atoms with Gasteiger partial charge >= 0.3 is 0 Å². The minimum atomic E-state index is -3.64. The van der Waals surface area contributed by atoms with Gasteiger partial charge in [-0.05, 0) is 153 Å². The van der Waals surface area contributed by atoms with Crippen molar-refractivity contribution in [2.75, 3.05) is 43.7 Å². The predicted molar refractivity (Wildman–Crippen MR) is 240 cm³/mol. The highest BCUT2D eigenvalue weighted by molar-refractivity contribution is 7.92. The van der Waals surface area contributed by atoms with E-state index in [1.165, 1.54) is 57.3 Å². The maximum absolute atomic E-state index is 13.4. The standard InChI is InChI=1S/C25H38N4O4SSi.C19H24N4O3S/c1-35(2,3)15-14-33-17-29-24(27-25(28-29)34(30,31)20-10-12-32-13-11-20)26-23-21-8-4-6-18(21)16-19-7-5-9-22(19)23;24-27(25,14-7-9-26-10-8-14)19-21-18(22-23-19)20-17-15-5-1-3-12(15)11-13-4-2-6-16(13)17/h16,20H,4-15,17H2,1-3H3,(H,26,27,28);11,14H,1-10H2,(H2,20,21,22,23). The molecule has 0 unspecified atom stereocenters. The Morgan fingerprint density at radius 2 is 1.18 bits per heavy atom. The van der Waals surface area contributed by atoms with E-state index in [1.54, 1.807) is 4.68 Å². The lowest BCUT2D eigenvalue weighted by atomic mass is 9.99. The van der Waals surface area contributed by atoms with Crippen LogP contribution in [0.5, 0.6) is 0 Å². The number of fused-ring (bicyclic) bond motifs is 4. The zero-order chi connectivity index (χ0) is 43.1. The van der Waals surface area contributed by atoms with Gasteiger partial charge in [0.1, 0.15) is 6.73 Å². The number of sulfone groups is 2. The van der Waals surface area contributed by atoms with Crippen molar-refractivity contribution in [1.29, 1.82) is 0 Å². The van der Waals surface area contributed by atoms with E-state index in [4.69, 9.17) is 14.2 Å². The first kappa shape index (κ1) is 43.6. The molecule has 4 heterocycles. The second-order valence-electron chi connectivity index (χ2n) is 19.0. The highest BCUT2D eigenvalue weighted by Crippen LogP contribution is 2.41. The van der Waals surface area contributed by atoms with Crippen molar-refractivity contribution >= 4 is 51.0 Å². The fourth-order valence-electron chi connectivity index (χ4n) is 10.0. The van der Waals surface area contributed by atoms with Crippen molar-refractivity contribution in [2.24, 2.45) is 0 Å². The fraction of sp³-hybridized carbons (Fsp3) is 0.636. The Labute approximate surface area is 366 Å². The Kier molecular flexibility index (Phi) is 12.7. The van der Waals surface area contributed by atoms with Gasteiger partial charge in [-0.1, -0.05) is 31.8 Å². The summed E-state index contributed by atoms with van der Waals surface area (Å²) < 4.78 is 70.6. The molecule has 3 N–H and O–H groups in total. The van der Waals surface area contributed by atoms with E-state index >= 15 is 0 Å². The van der Waals surface area contributed by atoms with Gasteiger partial charge < -0.3 is 24.8 Å². The minimum absolute atomic E-state index is 0.0406. The van der Waals surface area contributed by atoms with Gasteiger partial charge in [-0.15, -0.1) is 10.2 Å². The summed E-state index contributed by atoms with van der Waals surface area (Å²) in [6, 6.07) is 5.80. The number of benzene rings is 2. The summed E-state index contributed by atoms with van der Waals surface area (Å²) >= 11 is 0. The number of hydrogen-bond acceptors (Lipinski definition) is 13. The third kappa shape index (κ3) is 9.14. The molecule has 4 aromatic rings. The molecular formula is C44H62N8O7S2Si. The van der Waals surface area contributed by atoms with E-state index in [9.17, 15) is 16.8 Å². The fourth-order valence-corrected chi connectivity index (χ4v) is 13.8. The first-order valence-corrected chi connectivity index (χ1v) is 29.6. The molecule has 62 heavy (non-hydrogen) atoms. The number of nitrogens with one attached hydrogen (secondary N) is 3. The molecule has 0 atom stereocenters.